The van der Waals surface area contributed by atoms with Gasteiger partial charge in [0.2, 0.25) is 10.0 Å². The molecule has 0 aliphatic heterocycles. The number of aromatic amines is 1. The molecular weight excluding hydrogens is 308 g/mol. The van der Waals surface area contributed by atoms with Gasteiger partial charge in [-0.25, -0.2) is 13.1 Å². The Labute approximate surface area is 136 Å². The highest BCUT2D eigenvalue weighted by atomic mass is 32.2. The van der Waals surface area contributed by atoms with Crippen LogP contribution < -0.4 is 4.72 Å². The van der Waals surface area contributed by atoms with Crippen molar-refractivity contribution >= 4 is 20.9 Å². The van der Waals surface area contributed by atoms with Gasteiger partial charge < -0.3 is 4.98 Å². The van der Waals surface area contributed by atoms with Crippen LogP contribution in [0.1, 0.15) is 18.1 Å². The Balaban J connectivity index is 1.68. The smallest absolute Gasteiger partial charge is 0.216 e. The first-order valence-corrected chi connectivity index (χ1v) is 9.28. The van der Waals surface area contributed by atoms with Gasteiger partial charge in [-0.3, -0.25) is 0 Å². The molecule has 5 heteroatoms. The number of rotatable bonds is 6. The van der Waals surface area contributed by atoms with Crippen LogP contribution in [0.25, 0.3) is 10.9 Å². The molecule has 0 radical (unpaired) electrons. The SMILES string of the molecule is CC(Cc1c[nH]c2ccccc12)NS(=O)(=O)Cc1ccccc1. The minimum absolute atomic E-state index is 0.00602. The Kier molecular flexibility index (Phi) is 4.50. The fraction of sp³-hybridized carbons (Fsp3) is 0.222. The van der Waals surface area contributed by atoms with Crippen LogP contribution in [-0.2, 0) is 22.2 Å². The van der Waals surface area contributed by atoms with Crippen molar-refractivity contribution in [2.75, 3.05) is 0 Å². The van der Waals surface area contributed by atoms with E-state index in [0.717, 1.165) is 22.0 Å². The molecule has 0 spiro atoms. The van der Waals surface area contributed by atoms with Crippen LogP contribution in [0.15, 0.2) is 60.8 Å². The van der Waals surface area contributed by atoms with Crippen molar-refractivity contribution in [1.29, 1.82) is 0 Å². The van der Waals surface area contributed by atoms with E-state index in [1.54, 1.807) is 0 Å². The maximum absolute atomic E-state index is 12.3. The topological polar surface area (TPSA) is 62.0 Å². The van der Waals surface area contributed by atoms with Gasteiger partial charge in [0.05, 0.1) is 5.75 Å². The molecule has 0 aliphatic carbocycles. The minimum atomic E-state index is -3.35. The molecule has 0 amide bonds. The molecule has 3 rings (SSSR count). The van der Waals surface area contributed by atoms with E-state index < -0.39 is 10.0 Å². The van der Waals surface area contributed by atoms with Gasteiger partial charge in [-0.2, -0.15) is 0 Å². The average Bonchev–Trinajstić information content (AvgIpc) is 2.90. The van der Waals surface area contributed by atoms with E-state index in [4.69, 9.17) is 0 Å². The first-order chi connectivity index (χ1) is 11.0. The maximum Gasteiger partial charge on any atom is 0.216 e. The van der Waals surface area contributed by atoms with Gasteiger partial charge in [0, 0.05) is 23.1 Å². The van der Waals surface area contributed by atoms with Crippen molar-refractivity contribution in [3.05, 3.63) is 71.9 Å². The van der Waals surface area contributed by atoms with Gasteiger partial charge in [0.15, 0.2) is 0 Å². The second-order valence-corrected chi connectivity index (χ2v) is 7.58. The molecule has 0 saturated carbocycles. The summed E-state index contributed by atoms with van der Waals surface area (Å²) < 4.78 is 27.3. The molecule has 1 unspecified atom stereocenters. The first kappa shape index (κ1) is 15.8. The van der Waals surface area contributed by atoms with Crippen LogP contribution in [0.2, 0.25) is 0 Å². The van der Waals surface area contributed by atoms with Crippen LogP contribution in [0.3, 0.4) is 0 Å². The minimum Gasteiger partial charge on any atom is -0.361 e. The largest absolute Gasteiger partial charge is 0.361 e. The van der Waals surface area contributed by atoms with Gasteiger partial charge >= 0.3 is 0 Å². The van der Waals surface area contributed by atoms with Crippen molar-refractivity contribution in [1.82, 2.24) is 9.71 Å². The molecule has 23 heavy (non-hydrogen) atoms. The van der Waals surface area contributed by atoms with Crippen LogP contribution in [0.4, 0.5) is 0 Å². The fourth-order valence-corrected chi connectivity index (χ4v) is 4.22. The van der Waals surface area contributed by atoms with E-state index in [9.17, 15) is 8.42 Å². The van der Waals surface area contributed by atoms with Crippen molar-refractivity contribution in [3.8, 4) is 0 Å². The fourth-order valence-electron chi connectivity index (χ4n) is 2.81. The number of fused-ring (bicyclic) bond motifs is 1. The molecule has 1 aromatic heterocycles. The highest BCUT2D eigenvalue weighted by Crippen LogP contribution is 2.19. The van der Waals surface area contributed by atoms with Crippen LogP contribution >= 0.6 is 0 Å². The number of aromatic nitrogens is 1. The lowest BCUT2D eigenvalue weighted by Crippen LogP contribution is -2.34. The summed E-state index contributed by atoms with van der Waals surface area (Å²) in [5, 5.41) is 1.14. The average molecular weight is 328 g/mol. The van der Waals surface area contributed by atoms with E-state index in [1.165, 1.54) is 0 Å². The summed E-state index contributed by atoms with van der Waals surface area (Å²) in [7, 11) is -3.35. The Morgan fingerprint density at radius 2 is 1.74 bits per heavy atom. The van der Waals surface area contributed by atoms with Crippen molar-refractivity contribution < 1.29 is 8.42 Å². The summed E-state index contributed by atoms with van der Waals surface area (Å²) in [5.74, 6) is 0.00602. The van der Waals surface area contributed by atoms with Gasteiger partial charge in [-0.05, 0) is 30.5 Å². The summed E-state index contributed by atoms with van der Waals surface area (Å²) in [6, 6.07) is 17.1. The molecule has 0 aliphatic rings. The number of sulfonamides is 1. The molecule has 120 valence electrons. The molecule has 0 bridgehead atoms. The van der Waals surface area contributed by atoms with E-state index >= 15 is 0 Å². The third kappa shape index (κ3) is 4.00. The normalized spacial score (nSPS) is 13.3. The molecule has 3 aromatic rings. The molecule has 4 nitrogen and oxygen atoms in total. The zero-order valence-corrected chi connectivity index (χ0v) is 13.8. The predicted molar refractivity (Wildman–Crippen MR) is 93.7 cm³/mol. The van der Waals surface area contributed by atoms with Crippen molar-refractivity contribution in [2.24, 2.45) is 0 Å². The molecule has 2 N–H and O–H groups in total. The van der Waals surface area contributed by atoms with E-state index in [2.05, 4.69) is 9.71 Å². The van der Waals surface area contributed by atoms with Crippen LogP contribution in [0.5, 0.6) is 0 Å². The summed E-state index contributed by atoms with van der Waals surface area (Å²) in [4.78, 5) is 3.22. The van der Waals surface area contributed by atoms with E-state index in [1.807, 2.05) is 67.7 Å². The maximum atomic E-state index is 12.3. The standard InChI is InChI=1S/C18H20N2O2S/c1-14(11-16-12-19-18-10-6-5-9-17(16)18)20-23(21,22)13-15-7-3-2-4-8-15/h2-10,12,14,19-20H,11,13H2,1H3. The molecule has 2 aromatic carbocycles. The summed E-state index contributed by atoms with van der Waals surface area (Å²) in [5.41, 5.74) is 2.98. The predicted octanol–water partition coefficient (Wildman–Crippen LogP) is 3.22. The summed E-state index contributed by atoms with van der Waals surface area (Å²) in [6.07, 6.45) is 2.60. The Morgan fingerprint density at radius 3 is 2.52 bits per heavy atom. The Morgan fingerprint density at radius 1 is 1.04 bits per heavy atom. The van der Waals surface area contributed by atoms with Gasteiger partial charge in [-0.1, -0.05) is 48.5 Å². The quantitative estimate of drug-likeness (QED) is 0.730. The Bertz CT molecular complexity index is 886. The van der Waals surface area contributed by atoms with E-state index in [0.29, 0.717) is 6.42 Å². The lowest BCUT2D eigenvalue weighted by atomic mass is 10.1. The number of H-pyrrole nitrogens is 1. The number of benzene rings is 2. The Hall–Kier alpha value is -2.11. The van der Waals surface area contributed by atoms with Gasteiger partial charge in [0.1, 0.15) is 0 Å². The van der Waals surface area contributed by atoms with Crippen LogP contribution in [-0.4, -0.2) is 19.4 Å². The molecule has 0 fully saturated rings. The number of para-hydroxylation sites is 1. The number of hydrogen-bond donors (Lipinski definition) is 2. The number of nitrogens with one attached hydrogen (secondary N) is 2. The monoisotopic (exact) mass is 328 g/mol. The molecule has 1 heterocycles. The molecule has 1 atom stereocenters. The van der Waals surface area contributed by atoms with Crippen molar-refractivity contribution in [3.63, 3.8) is 0 Å². The first-order valence-electron chi connectivity index (χ1n) is 7.62. The lowest BCUT2D eigenvalue weighted by Gasteiger charge is -2.14. The highest BCUT2D eigenvalue weighted by Gasteiger charge is 2.16. The third-order valence-corrected chi connectivity index (χ3v) is 5.26. The summed E-state index contributed by atoms with van der Waals surface area (Å²) >= 11 is 0. The zero-order valence-electron chi connectivity index (χ0n) is 13.0. The molecular formula is C18H20N2O2S. The zero-order chi connectivity index (χ0) is 16.3. The highest BCUT2D eigenvalue weighted by molar-refractivity contribution is 7.88. The van der Waals surface area contributed by atoms with Gasteiger partial charge in [0.25, 0.3) is 0 Å². The lowest BCUT2D eigenvalue weighted by molar-refractivity contribution is 0.559. The number of hydrogen-bond acceptors (Lipinski definition) is 2. The summed E-state index contributed by atoms with van der Waals surface area (Å²) in [6.45, 7) is 1.89. The molecule has 0 saturated heterocycles. The second kappa shape index (κ2) is 6.56. The van der Waals surface area contributed by atoms with Crippen LogP contribution in [0, 0.1) is 0 Å². The second-order valence-electron chi connectivity index (χ2n) is 5.83. The van der Waals surface area contributed by atoms with E-state index in [-0.39, 0.29) is 11.8 Å². The third-order valence-electron chi connectivity index (χ3n) is 3.78. The van der Waals surface area contributed by atoms with Crippen molar-refractivity contribution in [2.45, 2.75) is 25.1 Å². The van der Waals surface area contributed by atoms with Gasteiger partial charge in [-0.15, -0.1) is 0 Å².